The first-order valence-electron chi connectivity index (χ1n) is 9.82. The first kappa shape index (κ1) is 17.6. The van der Waals surface area contributed by atoms with Crippen molar-refractivity contribution >= 4 is 40.6 Å². The number of anilines is 1. The van der Waals surface area contributed by atoms with Crippen LogP contribution in [0.2, 0.25) is 0 Å². The Hall–Kier alpha value is -3.48. The van der Waals surface area contributed by atoms with Crippen molar-refractivity contribution in [1.82, 2.24) is 9.88 Å². The van der Waals surface area contributed by atoms with E-state index in [0.29, 0.717) is 28.5 Å². The number of benzene rings is 1. The van der Waals surface area contributed by atoms with Gasteiger partial charge in [0.2, 0.25) is 5.88 Å². The van der Waals surface area contributed by atoms with Gasteiger partial charge in [-0.2, -0.15) is 0 Å². The average molecular weight is 387 g/mol. The molecule has 0 bridgehead atoms. The first-order chi connectivity index (χ1) is 14.1. The summed E-state index contributed by atoms with van der Waals surface area (Å²) in [5.74, 6) is 1.53. The van der Waals surface area contributed by atoms with Crippen LogP contribution in [0.4, 0.5) is 11.6 Å². The molecule has 1 aromatic carbocycles. The molecule has 1 atom stereocenters. The Balaban J connectivity index is 1.50. The molecule has 7 nitrogen and oxygen atoms in total. The van der Waals surface area contributed by atoms with Crippen LogP contribution in [-0.4, -0.2) is 40.6 Å². The summed E-state index contributed by atoms with van der Waals surface area (Å²) in [5.41, 5.74) is 2.76. The predicted octanol–water partition coefficient (Wildman–Crippen LogP) is 4.29. The van der Waals surface area contributed by atoms with E-state index in [1.807, 2.05) is 35.2 Å². The number of amidine groups is 1. The number of nitrogens with one attached hydrogen (secondary N) is 1. The van der Waals surface area contributed by atoms with Crippen molar-refractivity contribution in [2.45, 2.75) is 32.7 Å². The minimum atomic E-state index is -0.227. The molecule has 5 rings (SSSR count). The molecule has 0 fully saturated rings. The highest BCUT2D eigenvalue weighted by Crippen LogP contribution is 2.36. The number of aromatic nitrogens is 1. The quantitative estimate of drug-likeness (QED) is 0.724. The summed E-state index contributed by atoms with van der Waals surface area (Å²) < 4.78 is 5.79. The van der Waals surface area contributed by atoms with E-state index in [1.165, 1.54) is 0 Å². The summed E-state index contributed by atoms with van der Waals surface area (Å²) in [6.07, 6.45) is 5.57. The smallest absolute Gasteiger partial charge is 0.260 e. The lowest BCUT2D eigenvalue weighted by molar-refractivity contribution is 0.102. The molecule has 2 aliphatic rings. The summed E-state index contributed by atoms with van der Waals surface area (Å²) in [7, 11) is 0. The Labute approximate surface area is 168 Å². The molecule has 4 heterocycles. The number of amides is 1. The standard InChI is InChI=1S/C22H21N5O2/c1-3-5-16-11-27-12-24-22-19(20(27)25-16)18(13(2)29-22)21(28)26-15-7-8-17-14(10-15)6-4-9-23-17/h4,6-10,12,16H,3,5,11H2,1-2H3,(H,26,28). The molecule has 1 amide bonds. The maximum Gasteiger partial charge on any atom is 0.260 e. The van der Waals surface area contributed by atoms with Gasteiger partial charge in [0.1, 0.15) is 17.9 Å². The monoisotopic (exact) mass is 387 g/mol. The third kappa shape index (κ3) is 2.99. The van der Waals surface area contributed by atoms with Crippen molar-refractivity contribution in [3.63, 3.8) is 0 Å². The van der Waals surface area contributed by atoms with Crippen LogP contribution in [0.15, 0.2) is 50.9 Å². The van der Waals surface area contributed by atoms with Crippen LogP contribution in [0, 0.1) is 6.92 Å². The van der Waals surface area contributed by atoms with Gasteiger partial charge in [0, 0.05) is 23.8 Å². The minimum absolute atomic E-state index is 0.214. The van der Waals surface area contributed by atoms with E-state index >= 15 is 0 Å². The molecule has 0 radical (unpaired) electrons. The van der Waals surface area contributed by atoms with Crippen LogP contribution in [-0.2, 0) is 0 Å². The van der Waals surface area contributed by atoms with Gasteiger partial charge in [-0.15, -0.1) is 0 Å². The second-order valence-corrected chi connectivity index (χ2v) is 7.37. The number of carbonyl (C=O) groups is 1. The second kappa shape index (κ2) is 6.84. The lowest BCUT2D eigenvalue weighted by atomic mass is 10.1. The van der Waals surface area contributed by atoms with Crippen molar-refractivity contribution in [2.75, 3.05) is 11.9 Å². The van der Waals surface area contributed by atoms with E-state index in [4.69, 9.17) is 9.41 Å². The van der Waals surface area contributed by atoms with Crippen molar-refractivity contribution in [1.29, 1.82) is 0 Å². The molecular formula is C22H21N5O2. The molecule has 1 N–H and O–H groups in total. The van der Waals surface area contributed by atoms with Crippen molar-refractivity contribution in [2.24, 2.45) is 9.98 Å². The zero-order valence-electron chi connectivity index (χ0n) is 16.3. The van der Waals surface area contributed by atoms with Gasteiger partial charge in [0.05, 0.1) is 22.7 Å². The number of fused-ring (bicyclic) bond motifs is 4. The zero-order chi connectivity index (χ0) is 20.0. The maximum atomic E-state index is 13.2. The number of furan rings is 1. The van der Waals surface area contributed by atoms with Gasteiger partial charge in [-0.05, 0) is 37.6 Å². The third-order valence-corrected chi connectivity index (χ3v) is 5.30. The molecule has 1 unspecified atom stereocenters. The largest absolute Gasteiger partial charge is 0.442 e. The summed E-state index contributed by atoms with van der Waals surface area (Å²) in [6.45, 7) is 4.72. The Bertz CT molecular complexity index is 1180. The van der Waals surface area contributed by atoms with Crippen LogP contribution >= 0.6 is 0 Å². The average Bonchev–Trinajstić information content (AvgIpc) is 3.27. The fraction of sp³-hybridized carbons (Fsp3) is 0.273. The molecule has 0 aliphatic carbocycles. The number of aliphatic imine (C=N–C) groups is 2. The van der Waals surface area contributed by atoms with Gasteiger partial charge in [0.25, 0.3) is 5.91 Å². The number of carbonyl (C=O) groups excluding carboxylic acids is 1. The fourth-order valence-corrected chi connectivity index (χ4v) is 3.97. The molecule has 29 heavy (non-hydrogen) atoms. The van der Waals surface area contributed by atoms with E-state index in [1.54, 1.807) is 19.5 Å². The number of pyridine rings is 1. The molecule has 146 valence electrons. The van der Waals surface area contributed by atoms with E-state index in [2.05, 4.69) is 22.2 Å². The highest BCUT2D eigenvalue weighted by molar-refractivity contribution is 6.20. The van der Waals surface area contributed by atoms with Crippen molar-refractivity contribution in [3.05, 3.63) is 53.4 Å². The lowest BCUT2D eigenvalue weighted by Crippen LogP contribution is -2.31. The van der Waals surface area contributed by atoms with Crippen molar-refractivity contribution in [3.8, 4) is 0 Å². The summed E-state index contributed by atoms with van der Waals surface area (Å²) in [4.78, 5) is 28.8. The van der Waals surface area contributed by atoms with E-state index < -0.39 is 0 Å². The molecule has 0 saturated carbocycles. The van der Waals surface area contributed by atoms with Crippen LogP contribution < -0.4 is 5.32 Å². The van der Waals surface area contributed by atoms with Gasteiger partial charge in [0.15, 0.2) is 0 Å². The molecule has 2 aromatic heterocycles. The molecular weight excluding hydrogens is 366 g/mol. The topological polar surface area (TPSA) is 83.1 Å². The number of rotatable bonds is 4. The van der Waals surface area contributed by atoms with Crippen LogP contribution in [0.5, 0.6) is 0 Å². The van der Waals surface area contributed by atoms with Crippen LogP contribution in [0.3, 0.4) is 0 Å². The lowest BCUT2D eigenvalue weighted by Gasteiger charge is -2.18. The van der Waals surface area contributed by atoms with Crippen molar-refractivity contribution < 1.29 is 9.21 Å². The van der Waals surface area contributed by atoms with Crippen LogP contribution in [0.25, 0.3) is 10.9 Å². The highest BCUT2D eigenvalue weighted by Gasteiger charge is 2.36. The summed E-state index contributed by atoms with van der Waals surface area (Å²) >= 11 is 0. The summed E-state index contributed by atoms with van der Waals surface area (Å²) in [6, 6.07) is 9.72. The minimum Gasteiger partial charge on any atom is -0.442 e. The molecule has 0 spiro atoms. The Morgan fingerprint density at radius 3 is 3.10 bits per heavy atom. The van der Waals surface area contributed by atoms with Gasteiger partial charge in [-0.1, -0.05) is 19.4 Å². The van der Waals surface area contributed by atoms with E-state index in [9.17, 15) is 4.79 Å². The van der Waals surface area contributed by atoms with E-state index in [-0.39, 0.29) is 11.9 Å². The van der Waals surface area contributed by atoms with Gasteiger partial charge < -0.3 is 14.6 Å². The SMILES string of the molecule is CCCC1CN2C=Nc3oc(C)c(C(=O)Nc4ccc5ncccc5c4)c3C2=N1. The summed E-state index contributed by atoms with van der Waals surface area (Å²) in [5, 5.41) is 3.96. The number of aryl methyl sites for hydroxylation is 1. The van der Waals surface area contributed by atoms with Gasteiger partial charge in [-0.3, -0.25) is 14.8 Å². The van der Waals surface area contributed by atoms with E-state index in [0.717, 1.165) is 36.1 Å². The normalized spacial score (nSPS) is 17.2. The van der Waals surface area contributed by atoms with Gasteiger partial charge in [-0.25, -0.2) is 4.99 Å². The Morgan fingerprint density at radius 2 is 2.24 bits per heavy atom. The second-order valence-electron chi connectivity index (χ2n) is 7.37. The first-order valence-corrected chi connectivity index (χ1v) is 9.82. The van der Waals surface area contributed by atoms with Gasteiger partial charge >= 0.3 is 0 Å². The Morgan fingerprint density at radius 1 is 1.34 bits per heavy atom. The molecule has 7 heteroatoms. The zero-order valence-corrected chi connectivity index (χ0v) is 16.3. The number of hydrogen-bond acceptors (Lipinski definition) is 6. The fourth-order valence-electron chi connectivity index (χ4n) is 3.97. The molecule has 0 saturated heterocycles. The Kier molecular flexibility index (Phi) is 4.16. The maximum absolute atomic E-state index is 13.2. The number of hydrogen-bond donors (Lipinski definition) is 1. The third-order valence-electron chi connectivity index (χ3n) is 5.30. The molecule has 3 aromatic rings. The van der Waals surface area contributed by atoms with Crippen LogP contribution in [0.1, 0.15) is 41.4 Å². The highest BCUT2D eigenvalue weighted by atomic mass is 16.4. The molecule has 2 aliphatic heterocycles. The predicted molar refractivity (Wildman–Crippen MR) is 113 cm³/mol. The number of nitrogens with zero attached hydrogens (tertiary/aromatic N) is 4.